The van der Waals surface area contributed by atoms with E-state index in [1.165, 1.54) is 0 Å². The van der Waals surface area contributed by atoms with Gasteiger partial charge in [0.25, 0.3) is 0 Å². The molecular formula is C22H24O4. The molecule has 2 aliphatic rings. The molecule has 4 unspecified atom stereocenters. The number of carbonyl (C=O) groups excluding carboxylic acids is 1. The van der Waals surface area contributed by atoms with Crippen LogP contribution < -0.4 is 9.47 Å². The van der Waals surface area contributed by atoms with Crippen molar-refractivity contribution in [3.8, 4) is 11.5 Å². The molecule has 4 rings (SSSR count). The molecule has 2 aromatic carbocycles. The molecule has 0 bridgehead atoms. The van der Waals surface area contributed by atoms with Gasteiger partial charge in [0.15, 0.2) is 17.0 Å². The van der Waals surface area contributed by atoms with E-state index in [1.807, 2.05) is 64.1 Å². The molecule has 1 aliphatic heterocycles. The number of aryl methyl sites for hydroxylation is 2. The highest BCUT2D eigenvalue weighted by Gasteiger charge is 2.74. The van der Waals surface area contributed by atoms with Gasteiger partial charge in [0.05, 0.1) is 7.11 Å². The zero-order valence-electron chi connectivity index (χ0n) is 15.8. The zero-order chi connectivity index (χ0) is 18.9. The summed E-state index contributed by atoms with van der Waals surface area (Å²) in [5.41, 5.74) is 0.513. The van der Waals surface area contributed by atoms with E-state index in [0.29, 0.717) is 11.3 Å². The summed E-state index contributed by atoms with van der Waals surface area (Å²) < 4.78 is 11.7. The number of hydrogen-bond acceptors (Lipinski definition) is 4. The van der Waals surface area contributed by atoms with Gasteiger partial charge in [-0.2, -0.15) is 0 Å². The van der Waals surface area contributed by atoms with Crippen molar-refractivity contribution in [2.24, 2.45) is 11.8 Å². The third kappa shape index (κ3) is 1.80. The van der Waals surface area contributed by atoms with Gasteiger partial charge in [-0.25, -0.2) is 0 Å². The summed E-state index contributed by atoms with van der Waals surface area (Å²) in [7, 11) is 1.61. The van der Waals surface area contributed by atoms with Crippen LogP contribution in [-0.2, 0) is 16.0 Å². The molecular weight excluding hydrogens is 328 g/mol. The number of methoxy groups -OCH3 is 1. The molecule has 1 N–H and O–H groups in total. The Morgan fingerprint density at radius 3 is 2.38 bits per heavy atom. The summed E-state index contributed by atoms with van der Waals surface area (Å²) in [6, 6.07) is 11.4. The standard InChI is InChI=1S/C22H24O4/c1-12-10-13(2)19-18(11-12)26-22(16-6-8-17(25-5)9-7-16)15(4)14(3)20(23)21(19,22)24/h6-11,14-15,24H,1-5H3. The van der Waals surface area contributed by atoms with E-state index < -0.39 is 11.2 Å². The van der Waals surface area contributed by atoms with Crippen LogP contribution in [0.4, 0.5) is 0 Å². The minimum Gasteiger partial charge on any atom is -0.497 e. The van der Waals surface area contributed by atoms with Crippen molar-refractivity contribution in [2.75, 3.05) is 7.11 Å². The Balaban J connectivity index is 2.02. The molecule has 0 radical (unpaired) electrons. The molecule has 4 nitrogen and oxygen atoms in total. The van der Waals surface area contributed by atoms with E-state index in [2.05, 4.69) is 0 Å². The minimum absolute atomic E-state index is 0.175. The molecule has 1 fully saturated rings. The van der Waals surface area contributed by atoms with Crippen LogP contribution >= 0.6 is 0 Å². The third-order valence-corrected chi connectivity index (χ3v) is 6.29. The maximum Gasteiger partial charge on any atom is 0.196 e. The predicted octanol–water partition coefficient (Wildman–Crippen LogP) is 3.64. The Labute approximate surface area is 153 Å². The first-order chi connectivity index (χ1) is 12.3. The van der Waals surface area contributed by atoms with Crippen molar-refractivity contribution in [1.29, 1.82) is 0 Å². The van der Waals surface area contributed by atoms with Crippen LogP contribution in [0.15, 0.2) is 36.4 Å². The number of ether oxygens (including phenoxy) is 2. The van der Waals surface area contributed by atoms with Gasteiger partial charge in [0.1, 0.15) is 11.5 Å². The monoisotopic (exact) mass is 352 g/mol. The number of rotatable bonds is 2. The van der Waals surface area contributed by atoms with Crippen molar-refractivity contribution in [1.82, 2.24) is 0 Å². The van der Waals surface area contributed by atoms with E-state index in [1.54, 1.807) is 7.11 Å². The summed E-state index contributed by atoms with van der Waals surface area (Å²) in [5.74, 6) is 0.664. The quantitative estimate of drug-likeness (QED) is 0.896. The Bertz CT molecular complexity index is 901. The van der Waals surface area contributed by atoms with E-state index >= 15 is 0 Å². The summed E-state index contributed by atoms with van der Waals surface area (Å²) in [6.07, 6.45) is 0. The number of hydrogen-bond donors (Lipinski definition) is 1. The average molecular weight is 352 g/mol. The molecule has 0 amide bonds. The van der Waals surface area contributed by atoms with Gasteiger partial charge in [-0.05, 0) is 48.7 Å². The first-order valence-electron chi connectivity index (χ1n) is 8.99. The Morgan fingerprint density at radius 1 is 1.12 bits per heavy atom. The van der Waals surface area contributed by atoms with Crippen LogP contribution in [0, 0.1) is 25.7 Å². The molecule has 1 aliphatic carbocycles. The number of benzene rings is 2. The van der Waals surface area contributed by atoms with E-state index in [-0.39, 0.29) is 17.6 Å². The molecule has 26 heavy (non-hydrogen) atoms. The lowest BCUT2D eigenvalue weighted by Crippen LogP contribution is -2.51. The highest BCUT2D eigenvalue weighted by Crippen LogP contribution is 2.64. The lowest BCUT2D eigenvalue weighted by molar-refractivity contribution is -0.153. The van der Waals surface area contributed by atoms with Crippen molar-refractivity contribution in [2.45, 2.75) is 38.9 Å². The number of aliphatic hydroxyl groups is 1. The molecule has 2 aromatic rings. The van der Waals surface area contributed by atoms with Crippen LogP contribution in [0.5, 0.6) is 11.5 Å². The predicted molar refractivity (Wildman–Crippen MR) is 98.4 cm³/mol. The normalized spacial score (nSPS) is 32.2. The van der Waals surface area contributed by atoms with Crippen LogP contribution in [-0.4, -0.2) is 18.0 Å². The van der Waals surface area contributed by atoms with Crippen molar-refractivity contribution in [3.63, 3.8) is 0 Å². The van der Waals surface area contributed by atoms with Gasteiger partial charge in [-0.15, -0.1) is 0 Å². The SMILES string of the molecule is COc1ccc(C23Oc4cc(C)cc(C)c4C2(O)C(=O)C(C)C3C)cc1. The first kappa shape index (κ1) is 17.1. The highest BCUT2D eigenvalue weighted by atomic mass is 16.5. The van der Waals surface area contributed by atoms with Gasteiger partial charge in [-0.3, -0.25) is 4.79 Å². The van der Waals surface area contributed by atoms with Crippen LogP contribution in [0.3, 0.4) is 0 Å². The van der Waals surface area contributed by atoms with Crippen LogP contribution in [0.2, 0.25) is 0 Å². The number of carbonyl (C=O) groups is 1. The summed E-state index contributed by atoms with van der Waals surface area (Å²) in [6.45, 7) is 7.78. The van der Waals surface area contributed by atoms with Crippen molar-refractivity contribution < 1.29 is 19.4 Å². The maximum absolute atomic E-state index is 13.3. The third-order valence-electron chi connectivity index (χ3n) is 6.29. The summed E-state index contributed by atoms with van der Waals surface area (Å²) in [5, 5.41) is 11.9. The maximum atomic E-state index is 13.3. The molecule has 4 atom stereocenters. The zero-order valence-corrected chi connectivity index (χ0v) is 15.8. The van der Waals surface area contributed by atoms with E-state index in [9.17, 15) is 9.90 Å². The van der Waals surface area contributed by atoms with Gasteiger partial charge < -0.3 is 14.6 Å². The largest absolute Gasteiger partial charge is 0.497 e. The van der Waals surface area contributed by atoms with Crippen LogP contribution in [0.1, 0.15) is 36.1 Å². The Kier molecular flexibility index (Phi) is 3.51. The first-order valence-corrected chi connectivity index (χ1v) is 8.99. The van der Waals surface area contributed by atoms with Gasteiger partial charge in [-0.1, -0.05) is 32.0 Å². The van der Waals surface area contributed by atoms with E-state index in [0.717, 1.165) is 22.4 Å². The smallest absolute Gasteiger partial charge is 0.196 e. The average Bonchev–Trinajstić information content (AvgIpc) is 2.96. The second-order valence-corrected chi connectivity index (χ2v) is 7.67. The summed E-state index contributed by atoms with van der Waals surface area (Å²) in [4.78, 5) is 13.3. The second-order valence-electron chi connectivity index (χ2n) is 7.67. The molecule has 4 heteroatoms. The molecule has 0 saturated heterocycles. The second kappa shape index (κ2) is 5.34. The highest BCUT2D eigenvalue weighted by molar-refractivity contribution is 5.97. The molecule has 1 heterocycles. The lowest BCUT2D eigenvalue weighted by atomic mass is 9.73. The Morgan fingerprint density at radius 2 is 1.77 bits per heavy atom. The molecule has 0 spiro atoms. The number of fused-ring (bicyclic) bond motifs is 3. The van der Waals surface area contributed by atoms with Crippen molar-refractivity contribution >= 4 is 5.78 Å². The Hall–Kier alpha value is -2.33. The number of ketones is 1. The fraction of sp³-hybridized carbons (Fsp3) is 0.409. The van der Waals surface area contributed by atoms with Gasteiger partial charge in [0, 0.05) is 17.4 Å². The van der Waals surface area contributed by atoms with Gasteiger partial charge >= 0.3 is 0 Å². The molecule has 0 aromatic heterocycles. The van der Waals surface area contributed by atoms with Gasteiger partial charge in [0.2, 0.25) is 0 Å². The van der Waals surface area contributed by atoms with Crippen LogP contribution in [0.25, 0.3) is 0 Å². The fourth-order valence-corrected chi connectivity index (χ4v) is 4.91. The van der Waals surface area contributed by atoms with E-state index in [4.69, 9.17) is 9.47 Å². The molecule has 136 valence electrons. The molecule has 1 saturated carbocycles. The van der Waals surface area contributed by atoms with Crippen molar-refractivity contribution in [3.05, 3.63) is 58.7 Å². The lowest BCUT2D eigenvalue weighted by Gasteiger charge is -2.38. The minimum atomic E-state index is -1.69. The topological polar surface area (TPSA) is 55.8 Å². The summed E-state index contributed by atoms with van der Waals surface area (Å²) >= 11 is 0. The number of Topliss-reactive ketones (excluding diaryl/α,β-unsaturated/α-hetero) is 1. The fourth-order valence-electron chi connectivity index (χ4n) is 4.91.